The van der Waals surface area contributed by atoms with Gasteiger partial charge in [-0.1, -0.05) is 24.3 Å². The van der Waals surface area contributed by atoms with Gasteiger partial charge >= 0.3 is 0 Å². The van der Waals surface area contributed by atoms with Crippen LogP contribution in [0.3, 0.4) is 0 Å². The van der Waals surface area contributed by atoms with Gasteiger partial charge in [-0.2, -0.15) is 0 Å². The quantitative estimate of drug-likeness (QED) is 0.912. The highest BCUT2D eigenvalue weighted by molar-refractivity contribution is 5.43. The van der Waals surface area contributed by atoms with Crippen molar-refractivity contribution in [2.45, 2.75) is 38.3 Å². The molecule has 0 bridgehead atoms. The van der Waals surface area contributed by atoms with Crippen LogP contribution in [0.2, 0.25) is 0 Å². The van der Waals surface area contributed by atoms with Crippen LogP contribution in [0.15, 0.2) is 42.7 Å². The Morgan fingerprint density at radius 3 is 2.76 bits per heavy atom. The third kappa shape index (κ3) is 2.79. The van der Waals surface area contributed by atoms with Crippen molar-refractivity contribution in [3.05, 3.63) is 59.4 Å². The minimum atomic E-state index is 0.166. The second kappa shape index (κ2) is 5.86. The number of nitrogens with zero attached hydrogens (tertiary/aromatic N) is 1. The molecule has 1 aliphatic carbocycles. The summed E-state index contributed by atoms with van der Waals surface area (Å²) in [5, 5.41) is 3.45. The van der Waals surface area contributed by atoms with Crippen LogP contribution in [0.1, 0.15) is 42.5 Å². The van der Waals surface area contributed by atoms with Gasteiger partial charge in [-0.05, 0) is 50.1 Å². The van der Waals surface area contributed by atoms with E-state index in [0.29, 0.717) is 5.92 Å². The zero-order valence-corrected chi connectivity index (χ0v) is 12.8. The molecule has 0 fully saturated rings. The van der Waals surface area contributed by atoms with Gasteiger partial charge in [0.1, 0.15) is 5.75 Å². The number of likely N-dealkylation sites (N-methyl/N-ethyl adjacent to an activating group) is 1. The van der Waals surface area contributed by atoms with Crippen molar-refractivity contribution in [2.24, 2.45) is 0 Å². The lowest BCUT2D eigenvalue weighted by Gasteiger charge is -2.36. The number of rotatable bonds is 5. The summed E-state index contributed by atoms with van der Waals surface area (Å²) in [5.41, 5.74) is 4.10. The molecular formula is C18H22N2O. The number of nitrogens with one attached hydrogen (secondary N) is 1. The van der Waals surface area contributed by atoms with Crippen molar-refractivity contribution in [2.75, 3.05) is 7.05 Å². The Labute approximate surface area is 126 Å². The fraction of sp³-hybridized carbons (Fsp3) is 0.389. The number of hydrogen-bond donors (Lipinski definition) is 1. The summed E-state index contributed by atoms with van der Waals surface area (Å²) in [5.74, 6) is 1.36. The Hall–Kier alpha value is -1.87. The van der Waals surface area contributed by atoms with E-state index in [1.165, 1.54) is 16.7 Å². The molecule has 1 N–H and O–H groups in total. The summed E-state index contributed by atoms with van der Waals surface area (Å²) in [4.78, 5) is 4.34. The van der Waals surface area contributed by atoms with Gasteiger partial charge in [0.05, 0.1) is 12.3 Å². The highest BCUT2D eigenvalue weighted by atomic mass is 16.5. The van der Waals surface area contributed by atoms with E-state index in [1.54, 1.807) is 6.20 Å². The lowest BCUT2D eigenvalue weighted by Crippen LogP contribution is -2.31. The van der Waals surface area contributed by atoms with E-state index in [1.807, 2.05) is 27.1 Å². The van der Waals surface area contributed by atoms with E-state index >= 15 is 0 Å². The normalized spacial score (nSPS) is 18.0. The zero-order valence-electron chi connectivity index (χ0n) is 12.8. The number of ether oxygens (including phenoxy) is 1. The molecule has 1 aromatic heterocycles. The maximum atomic E-state index is 5.76. The largest absolute Gasteiger partial charge is 0.489 e. The third-order valence-corrected chi connectivity index (χ3v) is 4.07. The molecular weight excluding hydrogens is 260 g/mol. The van der Waals surface area contributed by atoms with Crippen LogP contribution in [-0.2, 0) is 6.42 Å². The van der Waals surface area contributed by atoms with E-state index in [2.05, 4.69) is 40.6 Å². The molecule has 1 heterocycles. The van der Waals surface area contributed by atoms with Crippen molar-refractivity contribution in [1.82, 2.24) is 10.3 Å². The molecule has 3 nitrogen and oxygen atoms in total. The van der Waals surface area contributed by atoms with E-state index in [0.717, 1.165) is 12.2 Å². The summed E-state index contributed by atoms with van der Waals surface area (Å²) >= 11 is 0. The first-order valence-electron chi connectivity index (χ1n) is 7.55. The Balaban J connectivity index is 1.85. The van der Waals surface area contributed by atoms with Crippen molar-refractivity contribution in [3.63, 3.8) is 0 Å². The maximum Gasteiger partial charge on any atom is 0.138 e. The van der Waals surface area contributed by atoms with E-state index in [4.69, 9.17) is 4.74 Å². The van der Waals surface area contributed by atoms with Crippen LogP contribution >= 0.6 is 0 Å². The first-order chi connectivity index (χ1) is 10.2. The fourth-order valence-electron chi connectivity index (χ4n) is 3.14. The molecule has 0 saturated carbocycles. The maximum absolute atomic E-state index is 5.76. The van der Waals surface area contributed by atoms with Crippen LogP contribution in [0.4, 0.5) is 0 Å². The summed E-state index contributed by atoms with van der Waals surface area (Å²) in [6.45, 7) is 4.06. The molecule has 1 aromatic carbocycles. The highest BCUT2D eigenvalue weighted by Crippen LogP contribution is 2.43. The summed E-state index contributed by atoms with van der Waals surface area (Å²) in [6, 6.07) is 11.1. The Morgan fingerprint density at radius 1 is 1.24 bits per heavy atom. The SMILES string of the molecule is CNC(c1cncc(OC(C)C)c1)C1Cc2ccccc21. The predicted octanol–water partition coefficient (Wildman–Crippen LogP) is 3.47. The molecule has 3 rings (SSSR count). The molecule has 0 amide bonds. The highest BCUT2D eigenvalue weighted by Gasteiger charge is 2.33. The average Bonchev–Trinajstić information content (AvgIpc) is 2.44. The van der Waals surface area contributed by atoms with Gasteiger partial charge in [0, 0.05) is 18.2 Å². The average molecular weight is 282 g/mol. The zero-order chi connectivity index (χ0) is 14.8. The monoisotopic (exact) mass is 282 g/mol. The number of hydrogen-bond acceptors (Lipinski definition) is 3. The second-order valence-electron chi connectivity index (χ2n) is 5.90. The molecule has 2 aromatic rings. The van der Waals surface area contributed by atoms with Gasteiger partial charge in [-0.25, -0.2) is 0 Å². The predicted molar refractivity (Wildman–Crippen MR) is 84.7 cm³/mol. The molecule has 3 heteroatoms. The topological polar surface area (TPSA) is 34.2 Å². The Kier molecular flexibility index (Phi) is 3.93. The number of benzene rings is 1. The number of aromatic nitrogens is 1. The molecule has 0 saturated heterocycles. The van der Waals surface area contributed by atoms with Crippen LogP contribution in [-0.4, -0.2) is 18.1 Å². The molecule has 2 unspecified atom stereocenters. The smallest absolute Gasteiger partial charge is 0.138 e. The molecule has 2 atom stereocenters. The fourth-order valence-corrected chi connectivity index (χ4v) is 3.14. The minimum Gasteiger partial charge on any atom is -0.489 e. The number of pyridine rings is 1. The van der Waals surface area contributed by atoms with Gasteiger partial charge in [-0.15, -0.1) is 0 Å². The molecule has 1 aliphatic rings. The summed E-state index contributed by atoms with van der Waals surface area (Å²) < 4.78 is 5.76. The summed E-state index contributed by atoms with van der Waals surface area (Å²) in [7, 11) is 2.02. The van der Waals surface area contributed by atoms with Crippen molar-refractivity contribution in [1.29, 1.82) is 0 Å². The number of fused-ring (bicyclic) bond motifs is 1. The minimum absolute atomic E-state index is 0.166. The first-order valence-corrected chi connectivity index (χ1v) is 7.55. The molecule has 0 radical (unpaired) electrons. The molecule has 21 heavy (non-hydrogen) atoms. The third-order valence-electron chi connectivity index (χ3n) is 4.07. The Morgan fingerprint density at radius 2 is 2.05 bits per heavy atom. The van der Waals surface area contributed by atoms with Crippen molar-refractivity contribution < 1.29 is 4.74 Å². The van der Waals surface area contributed by atoms with E-state index in [-0.39, 0.29) is 12.1 Å². The van der Waals surface area contributed by atoms with Crippen molar-refractivity contribution >= 4 is 0 Å². The molecule has 0 spiro atoms. The molecule has 0 aliphatic heterocycles. The van der Waals surface area contributed by atoms with Gasteiger partial charge in [0.25, 0.3) is 0 Å². The standard InChI is InChI=1S/C18H22N2O/c1-12(2)21-15-8-14(10-20-11-15)18(19-3)17-9-13-6-4-5-7-16(13)17/h4-8,10-12,17-19H,9H2,1-3H3. The van der Waals surface area contributed by atoms with Gasteiger partial charge < -0.3 is 10.1 Å². The van der Waals surface area contributed by atoms with Gasteiger partial charge in [0.15, 0.2) is 0 Å². The first kappa shape index (κ1) is 14.1. The van der Waals surface area contributed by atoms with E-state index < -0.39 is 0 Å². The van der Waals surface area contributed by atoms with Crippen LogP contribution in [0.25, 0.3) is 0 Å². The van der Waals surface area contributed by atoms with Crippen LogP contribution in [0, 0.1) is 0 Å². The summed E-state index contributed by atoms with van der Waals surface area (Å²) in [6.07, 6.45) is 5.01. The van der Waals surface area contributed by atoms with Crippen molar-refractivity contribution in [3.8, 4) is 5.75 Å². The molecule has 110 valence electrons. The van der Waals surface area contributed by atoms with Crippen LogP contribution in [0.5, 0.6) is 5.75 Å². The van der Waals surface area contributed by atoms with Gasteiger partial charge in [-0.3, -0.25) is 4.98 Å². The lowest BCUT2D eigenvalue weighted by molar-refractivity contribution is 0.241. The second-order valence-corrected chi connectivity index (χ2v) is 5.90. The van der Waals surface area contributed by atoms with E-state index in [9.17, 15) is 0 Å². The lowest BCUT2D eigenvalue weighted by atomic mass is 9.72. The van der Waals surface area contributed by atoms with Crippen LogP contribution < -0.4 is 10.1 Å². The van der Waals surface area contributed by atoms with Gasteiger partial charge in [0.2, 0.25) is 0 Å². The Bertz CT molecular complexity index is 624.